The number of Topliss-reactive ketones (excluding diaryl/α,β-unsaturated/α-hetero) is 1. The van der Waals surface area contributed by atoms with E-state index in [4.69, 9.17) is 11.6 Å². The van der Waals surface area contributed by atoms with Crippen LogP contribution in [0.15, 0.2) is 33.6 Å². The molecule has 0 bridgehead atoms. The van der Waals surface area contributed by atoms with Gasteiger partial charge in [0, 0.05) is 22.8 Å². The zero-order valence-electron chi connectivity index (χ0n) is 9.98. The Kier molecular flexibility index (Phi) is 2.62. The number of ketones is 1. The molecule has 0 saturated carbocycles. The molecule has 0 fully saturated rings. The van der Waals surface area contributed by atoms with E-state index < -0.39 is 0 Å². The third-order valence-corrected chi connectivity index (χ3v) is 4.29. The Labute approximate surface area is 106 Å². The van der Waals surface area contributed by atoms with Crippen molar-refractivity contribution in [3.8, 4) is 0 Å². The molecule has 3 aliphatic rings. The molecule has 2 aliphatic carbocycles. The van der Waals surface area contributed by atoms with Gasteiger partial charge in [-0.15, -0.1) is 0 Å². The third kappa shape index (κ3) is 1.85. The Hall–Kier alpha value is -1.02. The van der Waals surface area contributed by atoms with E-state index in [0.29, 0.717) is 12.2 Å². The molecule has 1 unspecified atom stereocenters. The lowest BCUT2D eigenvalue weighted by atomic mass is 9.80. The predicted molar refractivity (Wildman–Crippen MR) is 68.4 cm³/mol. The highest BCUT2D eigenvalue weighted by atomic mass is 35.5. The Balaban J connectivity index is 1.92. The minimum absolute atomic E-state index is 0.0502. The van der Waals surface area contributed by atoms with Crippen LogP contribution in [0.5, 0.6) is 0 Å². The third-order valence-electron chi connectivity index (χ3n) is 3.99. The molecule has 0 spiro atoms. The first-order valence-electron chi connectivity index (χ1n) is 6.25. The molecule has 1 N–H and O–H groups in total. The fourth-order valence-electron chi connectivity index (χ4n) is 2.92. The quantitative estimate of drug-likeness (QED) is 0.713. The molecule has 0 amide bonds. The van der Waals surface area contributed by atoms with Crippen LogP contribution in [0.1, 0.15) is 39.0 Å². The van der Waals surface area contributed by atoms with Crippen LogP contribution in [-0.4, -0.2) is 5.78 Å². The lowest BCUT2D eigenvalue weighted by molar-refractivity contribution is -0.121. The minimum Gasteiger partial charge on any atom is -0.361 e. The van der Waals surface area contributed by atoms with Gasteiger partial charge in [0.25, 0.3) is 0 Å². The molecular weight excluding hydrogens is 234 g/mol. The monoisotopic (exact) mass is 249 g/mol. The second kappa shape index (κ2) is 4.02. The van der Waals surface area contributed by atoms with E-state index in [1.165, 1.54) is 22.5 Å². The average molecular weight is 250 g/mol. The number of hydrogen-bond donors (Lipinski definition) is 1. The lowest BCUT2D eigenvalue weighted by Gasteiger charge is -2.34. The van der Waals surface area contributed by atoms with E-state index in [2.05, 4.69) is 11.4 Å². The predicted octanol–water partition coefficient (Wildman–Crippen LogP) is 3.40. The second-order valence-electron chi connectivity index (χ2n) is 5.10. The molecule has 3 heteroatoms. The van der Waals surface area contributed by atoms with Crippen molar-refractivity contribution in [3.05, 3.63) is 33.6 Å². The van der Waals surface area contributed by atoms with Crippen molar-refractivity contribution in [2.24, 2.45) is 5.92 Å². The Morgan fingerprint density at radius 1 is 1.29 bits per heavy atom. The summed E-state index contributed by atoms with van der Waals surface area (Å²) in [6.45, 7) is 2.01. The normalized spacial score (nSPS) is 28.5. The van der Waals surface area contributed by atoms with Gasteiger partial charge in [-0.05, 0) is 49.8 Å². The molecule has 1 aliphatic heterocycles. The molecule has 3 rings (SSSR count). The number of allylic oxidation sites excluding steroid dienone is 6. The van der Waals surface area contributed by atoms with Gasteiger partial charge in [-0.25, -0.2) is 0 Å². The van der Waals surface area contributed by atoms with E-state index in [1.807, 2.05) is 6.92 Å². The van der Waals surface area contributed by atoms with Crippen LogP contribution >= 0.6 is 11.6 Å². The highest BCUT2D eigenvalue weighted by Gasteiger charge is 2.31. The summed E-state index contributed by atoms with van der Waals surface area (Å²) in [4.78, 5) is 11.7. The standard InChI is InChI=1S/C14H16ClNO/c1-8-13(17)5-2-9-6-10-7-11(15)3-4-12(10)16-14(8)9/h7-8,16H,2-6H2,1H3. The number of carbonyl (C=O) groups is 1. The molecule has 0 radical (unpaired) electrons. The molecule has 1 atom stereocenters. The number of nitrogens with one attached hydrogen (secondary N) is 1. The van der Waals surface area contributed by atoms with Crippen LogP contribution in [0.2, 0.25) is 0 Å². The van der Waals surface area contributed by atoms with Gasteiger partial charge in [-0.1, -0.05) is 11.6 Å². The van der Waals surface area contributed by atoms with E-state index in [-0.39, 0.29) is 5.92 Å². The van der Waals surface area contributed by atoms with Gasteiger partial charge in [0.05, 0.1) is 5.92 Å². The zero-order valence-corrected chi connectivity index (χ0v) is 10.7. The van der Waals surface area contributed by atoms with Crippen LogP contribution in [0.3, 0.4) is 0 Å². The molecule has 90 valence electrons. The Bertz CT molecular complexity index is 484. The van der Waals surface area contributed by atoms with Crippen molar-refractivity contribution in [1.29, 1.82) is 0 Å². The Morgan fingerprint density at radius 2 is 2.12 bits per heavy atom. The minimum atomic E-state index is 0.0502. The molecule has 0 aromatic heterocycles. The summed E-state index contributed by atoms with van der Waals surface area (Å²) in [7, 11) is 0. The largest absolute Gasteiger partial charge is 0.361 e. The molecule has 0 aromatic rings. The first-order valence-corrected chi connectivity index (χ1v) is 6.62. The average Bonchev–Trinajstić information content (AvgIpc) is 2.32. The summed E-state index contributed by atoms with van der Waals surface area (Å²) in [6.07, 6.45) is 6.57. The summed E-state index contributed by atoms with van der Waals surface area (Å²) in [5.74, 6) is 0.416. The van der Waals surface area contributed by atoms with Gasteiger partial charge in [0.2, 0.25) is 0 Å². The van der Waals surface area contributed by atoms with E-state index in [9.17, 15) is 4.79 Å². The SMILES string of the molecule is CC1C(=O)CCC2=C1NC1=C(C=C(Cl)CC1)C2. The number of dihydropyridines is 1. The smallest absolute Gasteiger partial charge is 0.141 e. The molecule has 0 saturated heterocycles. The molecule has 2 nitrogen and oxygen atoms in total. The van der Waals surface area contributed by atoms with Crippen LogP contribution in [-0.2, 0) is 4.79 Å². The van der Waals surface area contributed by atoms with Crippen LogP contribution in [0.4, 0.5) is 0 Å². The van der Waals surface area contributed by atoms with E-state index >= 15 is 0 Å². The highest BCUT2D eigenvalue weighted by Crippen LogP contribution is 2.38. The summed E-state index contributed by atoms with van der Waals surface area (Å²) in [5, 5.41) is 4.45. The number of rotatable bonds is 0. The van der Waals surface area contributed by atoms with Crippen molar-refractivity contribution < 1.29 is 4.79 Å². The zero-order chi connectivity index (χ0) is 12.0. The van der Waals surface area contributed by atoms with Crippen LogP contribution < -0.4 is 5.32 Å². The van der Waals surface area contributed by atoms with Gasteiger partial charge in [-0.3, -0.25) is 4.79 Å². The van der Waals surface area contributed by atoms with Crippen molar-refractivity contribution in [2.45, 2.75) is 39.0 Å². The van der Waals surface area contributed by atoms with Crippen LogP contribution in [0, 0.1) is 5.92 Å². The van der Waals surface area contributed by atoms with Gasteiger partial charge >= 0.3 is 0 Å². The first-order chi connectivity index (χ1) is 8.15. The molecule has 1 heterocycles. The maximum Gasteiger partial charge on any atom is 0.141 e. The van der Waals surface area contributed by atoms with E-state index in [0.717, 1.165) is 30.7 Å². The van der Waals surface area contributed by atoms with Gasteiger partial charge < -0.3 is 5.32 Å². The highest BCUT2D eigenvalue weighted by molar-refractivity contribution is 6.29. The fraction of sp³-hybridized carbons (Fsp3) is 0.500. The maximum atomic E-state index is 11.7. The molecule has 17 heavy (non-hydrogen) atoms. The van der Waals surface area contributed by atoms with Crippen LogP contribution in [0.25, 0.3) is 0 Å². The number of carbonyl (C=O) groups excluding carboxylic acids is 1. The maximum absolute atomic E-state index is 11.7. The van der Waals surface area contributed by atoms with Gasteiger partial charge in [0.1, 0.15) is 5.78 Å². The summed E-state index contributed by atoms with van der Waals surface area (Å²) < 4.78 is 0. The topological polar surface area (TPSA) is 29.1 Å². The summed E-state index contributed by atoms with van der Waals surface area (Å²) in [5.41, 5.74) is 5.17. The number of halogens is 1. The summed E-state index contributed by atoms with van der Waals surface area (Å²) >= 11 is 6.09. The van der Waals surface area contributed by atoms with Crippen molar-refractivity contribution in [3.63, 3.8) is 0 Å². The van der Waals surface area contributed by atoms with E-state index in [1.54, 1.807) is 0 Å². The fourth-order valence-corrected chi connectivity index (χ4v) is 3.15. The molecular formula is C14H16ClNO. The first kappa shape index (κ1) is 11.1. The second-order valence-corrected chi connectivity index (χ2v) is 5.59. The van der Waals surface area contributed by atoms with Gasteiger partial charge in [0.15, 0.2) is 0 Å². The van der Waals surface area contributed by atoms with Gasteiger partial charge in [-0.2, -0.15) is 0 Å². The Morgan fingerprint density at radius 3 is 2.94 bits per heavy atom. The summed E-state index contributed by atoms with van der Waals surface area (Å²) in [6, 6.07) is 0. The number of hydrogen-bond acceptors (Lipinski definition) is 2. The van der Waals surface area contributed by atoms with Crippen molar-refractivity contribution in [2.75, 3.05) is 0 Å². The molecule has 0 aromatic carbocycles. The van der Waals surface area contributed by atoms with Crippen molar-refractivity contribution in [1.82, 2.24) is 5.32 Å². The van der Waals surface area contributed by atoms with Crippen molar-refractivity contribution >= 4 is 17.4 Å². The lowest BCUT2D eigenvalue weighted by Crippen LogP contribution is -2.33.